The van der Waals surface area contributed by atoms with Gasteiger partial charge in [-0.25, -0.2) is 4.98 Å². The highest BCUT2D eigenvalue weighted by Crippen LogP contribution is 2.19. The van der Waals surface area contributed by atoms with Crippen LogP contribution in [0.15, 0.2) is 61.3 Å². The minimum Gasteiger partial charge on any atom is -0.379 e. The Hall–Kier alpha value is -3.15. The molecule has 0 aliphatic heterocycles. The van der Waals surface area contributed by atoms with Gasteiger partial charge >= 0.3 is 0 Å². The summed E-state index contributed by atoms with van der Waals surface area (Å²) in [5.74, 6) is -0.0467. The van der Waals surface area contributed by atoms with E-state index in [9.17, 15) is 4.79 Å². The van der Waals surface area contributed by atoms with E-state index in [1.165, 1.54) is 0 Å². The van der Waals surface area contributed by atoms with Crippen LogP contribution in [0.5, 0.6) is 0 Å². The highest BCUT2D eigenvalue weighted by Gasteiger charge is 2.11. The number of carbonyl (C=O) groups is 1. The Morgan fingerprint density at radius 2 is 2.08 bits per heavy atom. The first kappa shape index (κ1) is 17.7. The number of amides is 1. The molecular formula is C20H23N5O. The normalized spacial score (nSPS) is 10.5. The first-order valence-electron chi connectivity index (χ1n) is 8.71. The van der Waals surface area contributed by atoms with Gasteiger partial charge in [0, 0.05) is 42.9 Å². The number of hydrogen-bond acceptors (Lipinski definition) is 4. The van der Waals surface area contributed by atoms with Crippen molar-refractivity contribution in [2.45, 2.75) is 26.4 Å². The van der Waals surface area contributed by atoms with Crippen molar-refractivity contribution in [2.24, 2.45) is 0 Å². The lowest BCUT2D eigenvalue weighted by Gasteiger charge is -2.13. The Bertz CT molecular complexity index is 831. The maximum absolute atomic E-state index is 12.5. The van der Waals surface area contributed by atoms with Crippen molar-refractivity contribution in [3.8, 4) is 0 Å². The van der Waals surface area contributed by atoms with Crippen molar-refractivity contribution in [2.75, 3.05) is 11.9 Å². The van der Waals surface area contributed by atoms with Crippen molar-refractivity contribution < 1.29 is 4.79 Å². The molecule has 0 radical (unpaired) electrons. The molecule has 1 aromatic carbocycles. The average Bonchev–Trinajstić information content (AvgIpc) is 3.18. The summed E-state index contributed by atoms with van der Waals surface area (Å²) in [6.07, 6.45) is 8.09. The number of hydrogen-bond donors (Lipinski definition) is 2. The molecule has 3 rings (SSSR count). The molecule has 0 bridgehead atoms. The van der Waals surface area contributed by atoms with Crippen molar-refractivity contribution in [3.05, 3.63) is 78.1 Å². The molecule has 6 nitrogen and oxygen atoms in total. The van der Waals surface area contributed by atoms with Crippen molar-refractivity contribution in [1.82, 2.24) is 19.9 Å². The molecular weight excluding hydrogens is 326 g/mol. The fourth-order valence-corrected chi connectivity index (χ4v) is 2.74. The summed E-state index contributed by atoms with van der Waals surface area (Å²) >= 11 is 0. The molecule has 0 saturated heterocycles. The average molecular weight is 349 g/mol. The second kappa shape index (κ2) is 8.80. The van der Waals surface area contributed by atoms with Crippen molar-refractivity contribution in [1.29, 1.82) is 0 Å². The summed E-state index contributed by atoms with van der Waals surface area (Å²) in [5.41, 5.74) is 3.54. The van der Waals surface area contributed by atoms with Crippen molar-refractivity contribution >= 4 is 11.6 Å². The molecule has 0 aliphatic rings. The Balaban J connectivity index is 1.54. The number of aryl methyl sites for hydroxylation is 1. The summed E-state index contributed by atoms with van der Waals surface area (Å²) in [6, 6.07) is 11.6. The summed E-state index contributed by atoms with van der Waals surface area (Å²) in [4.78, 5) is 20.8. The van der Waals surface area contributed by atoms with Crippen LogP contribution in [0, 0.1) is 6.92 Å². The van der Waals surface area contributed by atoms with E-state index in [2.05, 4.69) is 20.6 Å². The summed E-state index contributed by atoms with van der Waals surface area (Å²) < 4.78 is 2.00. The fraction of sp³-hybridized carbons (Fsp3) is 0.250. The zero-order chi connectivity index (χ0) is 18.2. The minimum absolute atomic E-state index is 0.0467. The Kier molecular flexibility index (Phi) is 5.98. The Morgan fingerprint density at radius 3 is 2.85 bits per heavy atom. The molecule has 2 N–H and O–H groups in total. The Labute approximate surface area is 153 Å². The SMILES string of the molecule is Cc1c(NCc2ccccn2)cccc1C(=O)NCCCn1ccnc1. The predicted octanol–water partition coefficient (Wildman–Crippen LogP) is 3.02. The van der Waals surface area contributed by atoms with Gasteiger partial charge in [0.25, 0.3) is 5.91 Å². The Morgan fingerprint density at radius 1 is 1.15 bits per heavy atom. The van der Waals surface area contributed by atoms with Crippen LogP contribution in [0.1, 0.15) is 28.0 Å². The third-order valence-corrected chi connectivity index (χ3v) is 4.20. The monoisotopic (exact) mass is 349 g/mol. The highest BCUT2D eigenvalue weighted by molar-refractivity contribution is 5.97. The lowest BCUT2D eigenvalue weighted by Crippen LogP contribution is -2.26. The lowest BCUT2D eigenvalue weighted by molar-refractivity contribution is 0.0952. The number of nitrogens with zero attached hydrogens (tertiary/aromatic N) is 3. The van der Waals surface area contributed by atoms with Crippen LogP contribution < -0.4 is 10.6 Å². The van der Waals surface area contributed by atoms with E-state index < -0.39 is 0 Å². The number of aromatic nitrogens is 3. The summed E-state index contributed by atoms with van der Waals surface area (Å²) in [5, 5.41) is 6.35. The molecule has 26 heavy (non-hydrogen) atoms. The molecule has 134 valence electrons. The smallest absolute Gasteiger partial charge is 0.251 e. The van der Waals surface area contributed by atoms with Crippen molar-refractivity contribution in [3.63, 3.8) is 0 Å². The van der Waals surface area contributed by atoms with Crippen LogP contribution in [0.25, 0.3) is 0 Å². The standard InChI is InChI=1S/C20H23N5O/c1-16-18(20(26)23-10-5-12-25-13-11-21-15-25)7-4-8-19(16)24-14-17-6-2-3-9-22-17/h2-4,6-9,11,13,15,24H,5,10,12,14H2,1H3,(H,23,26). The molecule has 0 aliphatic carbocycles. The first-order valence-corrected chi connectivity index (χ1v) is 8.71. The van der Waals surface area contributed by atoms with Crippen LogP contribution in [-0.2, 0) is 13.1 Å². The van der Waals surface area contributed by atoms with E-state index in [-0.39, 0.29) is 5.91 Å². The van der Waals surface area contributed by atoms with Gasteiger partial charge in [0.05, 0.1) is 18.6 Å². The quantitative estimate of drug-likeness (QED) is 0.613. The molecule has 0 atom stereocenters. The number of anilines is 1. The van der Waals surface area contributed by atoms with E-state index in [4.69, 9.17) is 0 Å². The second-order valence-electron chi connectivity index (χ2n) is 6.06. The number of pyridine rings is 1. The van der Waals surface area contributed by atoms with Crippen LogP contribution in [0.3, 0.4) is 0 Å². The number of nitrogens with one attached hydrogen (secondary N) is 2. The van der Waals surface area contributed by atoms with Crippen LogP contribution >= 0.6 is 0 Å². The van der Waals surface area contributed by atoms with Gasteiger partial charge in [-0.1, -0.05) is 12.1 Å². The van der Waals surface area contributed by atoms with Crippen LogP contribution in [0.4, 0.5) is 5.69 Å². The van der Waals surface area contributed by atoms with E-state index >= 15 is 0 Å². The lowest BCUT2D eigenvalue weighted by atomic mass is 10.1. The number of imidazole rings is 1. The van der Waals surface area contributed by atoms with Gasteiger partial charge in [-0.2, -0.15) is 0 Å². The molecule has 2 aromatic heterocycles. The van der Waals surface area contributed by atoms with Gasteiger partial charge in [0.15, 0.2) is 0 Å². The topological polar surface area (TPSA) is 71.8 Å². The first-order chi connectivity index (χ1) is 12.7. The van der Waals surface area contributed by atoms with E-state index in [1.807, 2.05) is 54.1 Å². The molecule has 0 unspecified atom stereocenters. The highest BCUT2D eigenvalue weighted by atomic mass is 16.1. The zero-order valence-corrected chi connectivity index (χ0v) is 14.9. The summed E-state index contributed by atoms with van der Waals surface area (Å²) in [6.45, 7) is 4.05. The maximum atomic E-state index is 12.5. The molecule has 0 fully saturated rings. The predicted molar refractivity (Wildman–Crippen MR) is 102 cm³/mol. The largest absolute Gasteiger partial charge is 0.379 e. The molecule has 2 heterocycles. The number of rotatable bonds is 8. The molecule has 3 aromatic rings. The van der Waals surface area contributed by atoms with Gasteiger partial charge in [-0.3, -0.25) is 9.78 Å². The maximum Gasteiger partial charge on any atom is 0.251 e. The fourth-order valence-electron chi connectivity index (χ4n) is 2.74. The van der Waals surface area contributed by atoms with Gasteiger partial charge in [0.2, 0.25) is 0 Å². The number of benzene rings is 1. The van der Waals surface area contributed by atoms with Crippen LogP contribution in [0.2, 0.25) is 0 Å². The second-order valence-corrected chi connectivity index (χ2v) is 6.06. The van der Waals surface area contributed by atoms with E-state index in [0.29, 0.717) is 18.7 Å². The van der Waals surface area contributed by atoms with Gasteiger partial charge in [-0.05, 0) is 43.2 Å². The summed E-state index contributed by atoms with van der Waals surface area (Å²) in [7, 11) is 0. The van der Waals surface area contributed by atoms with Crippen LogP contribution in [-0.4, -0.2) is 27.0 Å². The third kappa shape index (κ3) is 4.69. The van der Waals surface area contributed by atoms with Gasteiger partial charge < -0.3 is 15.2 Å². The minimum atomic E-state index is -0.0467. The molecule has 0 saturated carbocycles. The molecule has 0 spiro atoms. The number of carbonyl (C=O) groups excluding carboxylic acids is 1. The third-order valence-electron chi connectivity index (χ3n) is 4.20. The van der Waals surface area contributed by atoms with Gasteiger partial charge in [0.1, 0.15) is 0 Å². The van der Waals surface area contributed by atoms with E-state index in [0.717, 1.165) is 29.9 Å². The molecule has 1 amide bonds. The van der Waals surface area contributed by atoms with E-state index in [1.54, 1.807) is 18.7 Å². The zero-order valence-electron chi connectivity index (χ0n) is 14.9. The molecule has 6 heteroatoms. The van der Waals surface area contributed by atoms with Gasteiger partial charge in [-0.15, -0.1) is 0 Å².